The topological polar surface area (TPSA) is 79.0 Å². The molecule has 0 bridgehead atoms. The Morgan fingerprint density at radius 2 is 1.85 bits per heavy atom. The largest absolute Gasteiger partial charge is 0.496 e. The van der Waals surface area contributed by atoms with Crippen LogP contribution in [0.1, 0.15) is 42.6 Å². The second kappa shape index (κ2) is 9.73. The van der Waals surface area contributed by atoms with E-state index in [-0.39, 0.29) is 22.4 Å². The maximum atomic E-state index is 13.4. The summed E-state index contributed by atoms with van der Waals surface area (Å²) in [7, 11) is -2.31. The molecule has 0 radical (unpaired) electrons. The molecule has 2 aliphatic heterocycles. The molecule has 0 aliphatic carbocycles. The zero-order valence-corrected chi connectivity index (χ0v) is 20.4. The first-order chi connectivity index (χ1) is 15.8. The van der Waals surface area contributed by atoms with Gasteiger partial charge in [-0.2, -0.15) is 0 Å². The fraction of sp³-hybridized carbons (Fsp3) is 0.480. The van der Waals surface area contributed by atoms with E-state index in [0.717, 1.165) is 38.0 Å². The smallest absolute Gasteiger partial charge is 0.264 e. The molecule has 1 amide bonds. The van der Waals surface area contributed by atoms with Crippen LogP contribution in [0.3, 0.4) is 0 Å². The van der Waals surface area contributed by atoms with Gasteiger partial charge in [0.1, 0.15) is 5.75 Å². The van der Waals surface area contributed by atoms with Crippen molar-refractivity contribution in [3.8, 4) is 5.75 Å². The number of likely N-dealkylation sites (tertiary alicyclic amines) is 1. The molecule has 4 rings (SSSR count). The highest BCUT2D eigenvalue weighted by molar-refractivity contribution is 7.92. The lowest BCUT2D eigenvalue weighted by Crippen LogP contribution is -2.45. The molecule has 33 heavy (non-hydrogen) atoms. The highest BCUT2D eigenvalue weighted by Crippen LogP contribution is 2.34. The zero-order chi connectivity index (χ0) is 23.6. The van der Waals surface area contributed by atoms with E-state index in [0.29, 0.717) is 30.3 Å². The average molecular weight is 472 g/mol. The van der Waals surface area contributed by atoms with Gasteiger partial charge in [-0.15, -0.1) is 0 Å². The molecule has 7 nitrogen and oxygen atoms in total. The molecule has 0 aromatic heterocycles. The lowest BCUT2D eigenvalue weighted by molar-refractivity contribution is 0.0904. The summed E-state index contributed by atoms with van der Waals surface area (Å²) in [6.45, 7) is 7.77. The van der Waals surface area contributed by atoms with Gasteiger partial charge < -0.3 is 15.0 Å². The van der Waals surface area contributed by atoms with Crippen molar-refractivity contribution < 1.29 is 17.9 Å². The van der Waals surface area contributed by atoms with Crippen LogP contribution >= 0.6 is 0 Å². The minimum Gasteiger partial charge on any atom is -0.496 e. The third-order valence-electron chi connectivity index (χ3n) is 6.39. The second-order valence-corrected chi connectivity index (χ2v) is 11.1. The van der Waals surface area contributed by atoms with Gasteiger partial charge in [0.2, 0.25) is 0 Å². The lowest BCUT2D eigenvalue weighted by Gasteiger charge is -2.33. The summed E-state index contributed by atoms with van der Waals surface area (Å²) >= 11 is 0. The van der Waals surface area contributed by atoms with Gasteiger partial charge in [0, 0.05) is 32.2 Å². The SMILES string of the molecule is COc1ccc(S(=O)(=O)N2CCc3ccccc32)cc1C(=O)NC1CCN(CC(C)C)CC1. The number of anilines is 1. The van der Waals surface area contributed by atoms with E-state index in [2.05, 4.69) is 24.1 Å². The minimum absolute atomic E-state index is 0.0661. The van der Waals surface area contributed by atoms with E-state index >= 15 is 0 Å². The Balaban J connectivity index is 1.52. The van der Waals surface area contributed by atoms with Crippen molar-refractivity contribution in [1.29, 1.82) is 0 Å². The third kappa shape index (κ3) is 5.01. The van der Waals surface area contributed by atoms with Crippen molar-refractivity contribution in [1.82, 2.24) is 10.2 Å². The van der Waals surface area contributed by atoms with E-state index in [1.807, 2.05) is 24.3 Å². The maximum Gasteiger partial charge on any atom is 0.264 e. The minimum atomic E-state index is -3.79. The Morgan fingerprint density at radius 1 is 1.12 bits per heavy atom. The molecular weight excluding hydrogens is 438 g/mol. The zero-order valence-electron chi connectivity index (χ0n) is 19.6. The van der Waals surface area contributed by atoms with E-state index in [1.54, 1.807) is 6.07 Å². The molecule has 0 atom stereocenters. The second-order valence-electron chi connectivity index (χ2n) is 9.26. The standard InChI is InChI=1S/C25H33N3O4S/c1-18(2)17-27-13-11-20(12-14-27)26-25(29)22-16-21(8-9-24(22)32-3)33(30,31)28-15-10-19-6-4-5-7-23(19)28/h4-9,16,18,20H,10-15,17H2,1-3H3,(H,26,29). The quantitative estimate of drug-likeness (QED) is 0.670. The molecule has 2 aliphatic rings. The van der Waals surface area contributed by atoms with E-state index in [4.69, 9.17) is 4.74 Å². The molecule has 2 heterocycles. The highest BCUT2D eigenvalue weighted by Gasteiger charge is 2.32. The Labute approximate surface area is 196 Å². The van der Waals surface area contributed by atoms with Gasteiger partial charge in [-0.05, 0) is 55.0 Å². The Kier molecular flexibility index (Phi) is 6.95. The van der Waals surface area contributed by atoms with Crippen LogP contribution in [0.2, 0.25) is 0 Å². The number of sulfonamides is 1. The number of rotatable bonds is 7. The highest BCUT2D eigenvalue weighted by atomic mass is 32.2. The van der Waals surface area contributed by atoms with Crippen LogP contribution in [0.25, 0.3) is 0 Å². The van der Waals surface area contributed by atoms with Gasteiger partial charge in [0.25, 0.3) is 15.9 Å². The van der Waals surface area contributed by atoms with Gasteiger partial charge in [0.05, 0.1) is 23.3 Å². The molecule has 1 fully saturated rings. The Bertz CT molecular complexity index is 1110. The molecular formula is C25H33N3O4S. The summed E-state index contributed by atoms with van der Waals surface area (Å²) in [5.74, 6) is 0.686. The number of benzene rings is 2. The van der Waals surface area contributed by atoms with Crippen LogP contribution in [0.5, 0.6) is 5.75 Å². The normalized spacial score (nSPS) is 17.3. The van der Waals surface area contributed by atoms with Crippen LogP contribution < -0.4 is 14.4 Å². The fourth-order valence-corrected chi connectivity index (χ4v) is 6.28. The molecule has 2 aromatic carbocycles. The van der Waals surface area contributed by atoms with Gasteiger partial charge in [-0.3, -0.25) is 9.10 Å². The number of ether oxygens (including phenoxy) is 1. The van der Waals surface area contributed by atoms with Crippen molar-refractivity contribution in [2.24, 2.45) is 5.92 Å². The number of hydrogen-bond acceptors (Lipinski definition) is 5. The fourth-order valence-electron chi connectivity index (χ4n) is 4.75. The third-order valence-corrected chi connectivity index (χ3v) is 8.20. The summed E-state index contributed by atoms with van der Waals surface area (Å²) in [5.41, 5.74) is 1.96. The number of amides is 1. The summed E-state index contributed by atoms with van der Waals surface area (Å²) in [6.07, 6.45) is 2.43. The van der Waals surface area contributed by atoms with E-state index < -0.39 is 10.0 Å². The van der Waals surface area contributed by atoms with Crippen LogP contribution in [0.4, 0.5) is 5.69 Å². The van der Waals surface area contributed by atoms with Crippen LogP contribution in [0, 0.1) is 5.92 Å². The summed E-state index contributed by atoms with van der Waals surface area (Å²) in [5, 5.41) is 3.09. The number of nitrogens with one attached hydrogen (secondary N) is 1. The summed E-state index contributed by atoms with van der Waals surface area (Å²) in [6, 6.07) is 12.1. The van der Waals surface area contributed by atoms with Gasteiger partial charge in [0.15, 0.2) is 0 Å². The van der Waals surface area contributed by atoms with Crippen LogP contribution in [-0.2, 0) is 16.4 Å². The number of para-hydroxylation sites is 1. The van der Waals surface area contributed by atoms with Gasteiger partial charge in [-0.1, -0.05) is 32.0 Å². The monoisotopic (exact) mass is 471 g/mol. The van der Waals surface area contributed by atoms with Gasteiger partial charge >= 0.3 is 0 Å². The van der Waals surface area contributed by atoms with E-state index in [9.17, 15) is 13.2 Å². The van der Waals surface area contributed by atoms with Crippen LogP contribution in [0.15, 0.2) is 47.4 Å². The van der Waals surface area contributed by atoms with Crippen molar-refractivity contribution >= 4 is 21.6 Å². The molecule has 8 heteroatoms. The number of carbonyl (C=O) groups is 1. The lowest BCUT2D eigenvalue weighted by atomic mass is 10.0. The Morgan fingerprint density at radius 3 is 2.55 bits per heavy atom. The number of fused-ring (bicyclic) bond motifs is 1. The number of methoxy groups -OCH3 is 1. The van der Waals surface area contributed by atoms with Crippen molar-refractivity contribution in [2.45, 2.75) is 44.0 Å². The summed E-state index contributed by atoms with van der Waals surface area (Å²) < 4.78 is 33.7. The van der Waals surface area contributed by atoms with E-state index in [1.165, 1.54) is 23.5 Å². The predicted molar refractivity (Wildman–Crippen MR) is 129 cm³/mol. The molecule has 2 aromatic rings. The number of piperidine rings is 1. The first kappa shape index (κ1) is 23.6. The first-order valence-corrected chi connectivity index (χ1v) is 13.1. The van der Waals surface area contributed by atoms with Crippen molar-refractivity contribution in [3.05, 3.63) is 53.6 Å². The number of hydrogen-bond donors (Lipinski definition) is 1. The first-order valence-electron chi connectivity index (χ1n) is 11.6. The molecule has 1 N–H and O–H groups in total. The Hall–Kier alpha value is -2.58. The van der Waals surface area contributed by atoms with Crippen LogP contribution in [-0.4, -0.2) is 58.6 Å². The molecule has 0 unspecified atom stereocenters. The number of nitrogens with zero attached hydrogens (tertiary/aromatic N) is 2. The number of carbonyl (C=O) groups excluding carboxylic acids is 1. The molecule has 178 valence electrons. The van der Waals surface area contributed by atoms with Crippen molar-refractivity contribution in [3.63, 3.8) is 0 Å². The average Bonchev–Trinajstić information content (AvgIpc) is 3.24. The maximum absolute atomic E-state index is 13.4. The molecule has 0 spiro atoms. The molecule has 1 saturated heterocycles. The summed E-state index contributed by atoms with van der Waals surface area (Å²) in [4.78, 5) is 15.7. The van der Waals surface area contributed by atoms with Crippen molar-refractivity contribution in [2.75, 3.05) is 37.6 Å². The molecule has 0 saturated carbocycles. The predicted octanol–water partition coefficient (Wildman–Crippen LogP) is 3.30. The van der Waals surface area contributed by atoms with Gasteiger partial charge in [-0.25, -0.2) is 8.42 Å².